The molecule has 6 nitrogen and oxygen atoms in total. The SMILES string of the molecule is COc1cccc(-c2ccc3c(NC(=O)N4CCCCC4)n[nH]c3c2)c1. The first-order valence-electron chi connectivity index (χ1n) is 8.93. The number of ether oxygens (including phenoxy) is 1. The van der Waals surface area contributed by atoms with Crippen LogP contribution in [0, 0.1) is 0 Å². The molecule has 1 aliphatic heterocycles. The van der Waals surface area contributed by atoms with E-state index in [4.69, 9.17) is 4.74 Å². The highest BCUT2D eigenvalue weighted by molar-refractivity contribution is 6.00. The second-order valence-electron chi connectivity index (χ2n) is 6.54. The zero-order valence-electron chi connectivity index (χ0n) is 14.8. The summed E-state index contributed by atoms with van der Waals surface area (Å²) in [4.78, 5) is 14.3. The highest BCUT2D eigenvalue weighted by Gasteiger charge is 2.18. The number of fused-ring (bicyclic) bond motifs is 1. The molecule has 3 aromatic rings. The number of anilines is 1. The molecule has 0 unspecified atom stereocenters. The Balaban J connectivity index is 1.58. The van der Waals surface area contributed by atoms with Crippen molar-refractivity contribution in [3.05, 3.63) is 42.5 Å². The van der Waals surface area contributed by atoms with E-state index < -0.39 is 0 Å². The first-order chi connectivity index (χ1) is 12.7. The molecule has 2 heterocycles. The van der Waals surface area contributed by atoms with Crippen molar-refractivity contribution in [3.63, 3.8) is 0 Å². The lowest BCUT2D eigenvalue weighted by Crippen LogP contribution is -2.38. The average molecular weight is 350 g/mol. The van der Waals surface area contributed by atoms with Crippen LogP contribution in [0.4, 0.5) is 10.6 Å². The molecular formula is C20H22N4O2. The van der Waals surface area contributed by atoms with Gasteiger partial charge in [-0.3, -0.25) is 10.4 Å². The number of hydrogen-bond donors (Lipinski definition) is 2. The van der Waals surface area contributed by atoms with Gasteiger partial charge < -0.3 is 9.64 Å². The van der Waals surface area contributed by atoms with Crippen molar-refractivity contribution < 1.29 is 9.53 Å². The minimum absolute atomic E-state index is 0.0741. The van der Waals surface area contributed by atoms with E-state index in [1.54, 1.807) is 7.11 Å². The van der Waals surface area contributed by atoms with Gasteiger partial charge in [0.25, 0.3) is 0 Å². The van der Waals surface area contributed by atoms with Crippen LogP contribution in [0.2, 0.25) is 0 Å². The summed E-state index contributed by atoms with van der Waals surface area (Å²) in [6.07, 6.45) is 3.33. The number of aromatic nitrogens is 2. The third-order valence-corrected chi connectivity index (χ3v) is 4.83. The largest absolute Gasteiger partial charge is 0.497 e. The Morgan fingerprint density at radius 1 is 1.12 bits per heavy atom. The third kappa shape index (κ3) is 3.22. The van der Waals surface area contributed by atoms with Crippen LogP contribution in [-0.4, -0.2) is 41.3 Å². The van der Waals surface area contributed by atoms with E-state index in [-0.39, 0.29) is 6.03 Å². The van der Waals surface area contributed by atoms with E-state index in [0.717, 1.165) is 53.7 Å². The molecule has 0 saturated carbocycles. The summed E-state index contributed by atoms with van der Waals surface area (Å²) in [6.45, 7) is 1.63. The molecule has 4 rings (SSSR count). The van der Waals surface area contributed by atoms with E-state index in [0.29, 0.717) is 5.82 Å². The zero-order chi connectivity index (χ0) is 17.9. The first-order valence-corrected chi connectivity index (χ1v) is 8.93. The number of benzene rings is 2. The van der Waals surface area contributed by atoms with Crippen LogP contribution >= 0.6 is 0 Å². The highest BCUT2D eigenvalue weighted by Crippen LogP contribution is 2.29. The molecule has 0 aliphatic carbocycles. The van der Waals surface area contributed by atoms with Crippen molar-refractivity contribution in [2.45, 2.75) is 19.3 Å². The van der Waals surface area contributed by atoms with E-state index in [1.807, 2.05) is 47.4 Å². The number of likely N-dealkylation sites (tertiary alicyclic amines) is 1. The Morgan fingerprint density at radius 2 is 1.92 bits per heavy atom. The maximum Gasteiger partial charge on any atom is 0.323 e. The van der Waals surface area contributed by atoms with Gasteiger partial charge in [-0.25, -0.2) is 4.79 Å². The molecule has 2 amide bonds. The van der Waals surface area contributed by atoms with Crippen molar-refractivity contribution in [2.75, 3.05) is 25.5 Å². The van der Waals surface area contributed by atoms with Crippen LogP contribution in [0.1, 0.15) is 19.3 Å². The van der Waals surface area contributed by atoms with Gasteiger partial charge in [-0.15, -0.1) is 0 Å². The Hall–Kier alpha value is -3.02. The monoisotopic (exact) mass is 350 g/mol. The number of methoxy groups -OCH3 is 1. The smallest absolute Gasteiger partial charge is 0.323 e. The molecule has 2 N–H and O–H groups in total. The molecule has 0 radical (unpaired) electrons. The molecular weight excluding hydrogens is 328 g/mol. The van der Waals surface area contributed by atoms with Gasteiger partial charge in [0.1, 0.15) is 5.75 Å². The fourth-order valence-electron chi connectivity index (χ4n) is 3.37. The lowest BCUT2D eigenvalue weighted by molar-refractivity contribution is 0.200. The van der Waals surface area contributed by atoms with Gasteiger partial charge in [0.15, 0.2) is 5.82 Å². The van der Waals surface area contributed by atoms with E-state index >= 15 is 0 Å². The molecule has 0 bridgehead atoms. The van der Waals surface area contributed by atoms with Gasteiger partial charge in [0.2, 0.25) is 0 Å². The number of amides is 2. The second-order valence-corrected chi connectivity index (χ2v) is 6.54. The molecule has 1 aliphatic rings. The summed E-state index contributed by atoms with van der Waals surface area (Å²) in [7, 11) is 1.66. The van der Waals surface area contributed by atoms with Gasteiger partial charge >= 0.3 is 6.03 Å². The quantitative estimate of drug-likeness (QED) is 0.741. The summed E-state index contributed by atoms with van der Waals surface area (Å²) < 4.78 is 5.30. The normalized spacial score (nSPS) is 14.4. The number of urea groups is 1. The number of nitrogens with one attached hydrogen (secondary N) is 2. The van der Waals surface area contributed by atoms with Crippen molar-refractivity contribution in [1.82, 2.24) is 15.1 Å². The van der Waals surface area contributed by atoms with Gasteiger partial charge in [0.05, 0.1) is 12.6 Å². The van der Waals surface area contributed by atoms with Crippen LogP contribution in [-0.2, 0) is 0 Å². The van der Waals surface area contributed by atoms with Crippen LogP contribution in [0.25, 0.3) is 22.0 Å². The Morgan fingerprint density at radius 3 is 2.73 bits per heavy atom. The van der Waals surface area contributed by atoms with Crippen LogP contribution in [0.15, 0.2) is 42.5 Å². The van der Waals surface area contributed by atoms with Crippen LogP contribution in [0.3, 0.4) is 0 Å². The fraction of sp³-hybridized carbons (Fsp3) is 0.300. The van der Waals surface area contributed by atoms with Crippen molar-refractivity contribution in [1.29, 1.82) is 0 Å². The van der Waals surface area contributed by atoms with E-state index in [1.165, 1.54) is 6.42 Å². The summed E-state index contributed by atoms with van der Waals surface area (Å²) in [5.41, 5.74) is 3.02. The summed E-state index contributed by atoms with van der Waals surface area (Å²) in [5, 5.41) is 11.2. The zero-order valence-corrected chi connectivity index (χ0v) is 14.8. The topological polar surface area (TPSA) is 70.2 Å². The van der Waals surface area contributed by atoms with Crippen LogP contribution in [0.5, 0.6) is 5.75 Å². The summed E-state index contributed by atoms with van der Waals surface area (Å²) >= 11 is 0. The highest BCUT2D eigenvalue weighted by atomic mass is 16.5. The number of carbonyl (C=O) groups is 1. The lowest BCUT2D eigenvalue weighted by atomic mass is 10.0. The second kappa shape index (κ2) is 7.07. The molecule has 0 spiro atoms. The first kappa shape index (κ1) is 16.4. The van der Waals surface area contributed by atoms with E-state index in [9.17, 15) is 4.79 Å². The van der Waals surface area contributed by atoms with E-state index in [2.05, 4.69) is 15.5 Å². The third-order valence-electron chi connectivity index (χ3n) is 4.83. The minimum atomic E-state index is -0.0741. The predicted octanol–water partition coefficient (Wildman–Crippen LogP) is 4.26. The lowest BCUT2D eigenvalue weighted by Gasteiger charge is -2.26. The number of rotatable bonds is 3. The number of piperidine rings is 1. The molecule has 6 heteroatoms. The molecule has 134 valence electrons. The molecule has 26 heavy (non-hydrogen) atoms. The molecule has 2 aromatic carbocycles. The molecule has 1 fully saturated rings. The Labute approximate surface area is 152 Å². The standard InChI is InChI=1S/C20H22N4O2/c1-26-16-7-5-6-14(12-16)15-8-9-17-18(13-15)22-23-19(17)21-20(25)24-10-3-2-4-11-24/h5-9,12-13H,2-4,10-11H2,1H3,(H2,21,22,23,25). The fourth-order valence-corrected chi connectivity index (χ4v) is 3.37. The number of aromatic amines is 1. The summed E-state index contributed by atoms with van der Waals surface area (Å²) in [5.74, 6) is 1.40. The van der Waals surface area contributed by atoms with Crippen molar-refractivity contribution >= 4 is 22.8 Å². The maximum absolute atomic E-state index is 12.4. The Bertz CT molecular complexity index is 928. The molecule has 1 aromatic heterocycles. The summed E-state index contributed by atoms with van der Waals surface area (Å²) in [6, 6.07) is 13.9. The maximum atomic E-state index is 12.4. The minimum Gasteiger partial charge on any atom is -0.497 e. The number of hydrogen-bond acceptors (Lipinski definition) is 3. The number of nitrogens with zero attached hydrogens (tertiary/aromatic N) is 2. The van der Waals surface area contributed by atoms with Gasteiger partial charge in [-0.1, -0.05) is 18.2 Å². The molecule has 0 atom stereocenters. The van der Waals surface area contributed by atoms with Crippen molar-refractivity contribution in [3.8, 4) is 16.9 Å². The Kier molecular flexibility index (Phi) is 4.48. The number of carbonyl (C=O) groups excluding carboxylic acids is 1. The average Bonchev–Trinajstić information content (AvgIpc) is 3.10. The predicted molar refractivity (Wildman–Crippen MR) is 103 cm³/mol. The van der Waals surface area contributed by atoms with Crippen molar-refractivity contribution in [2.24, 2.45) is 0 Å². The number of H-pyrrole nitrogens is 1. The van der Waals surface area contributed by atoms with Gasteiger partial charge in [0, 0.05) is 18.5 Å². The van der Waals surface area contributed by atoms with Gasteiger partial charge in [-0.2, -0.15) is 5.10 Å². The molecule has 1 saturated heterocycles. The van der Waals surface area contributed by atoms with Crippen LogP contribution < -0.4 is 10.1 Å². The van der Waals surface area contributed by atoms with Gasteiger partial charge in [-0.05, 0) is 54.7 Å².